The normalized spacial score (nSPS) is 14.4. The van der Waals surface area contributed by atoms with Gasteiger partial charge in [-0.3, -0.25) is 14.5 Å². The first-order valence-corrected chi connectivity index (χ1v) is 11.1. The van der Waals surface area contributed by atoms with Crippen LogP contribution in [-0.4, -0.2) is 57.6 Å². The largest absolute Gasteiger partial charge is 0.335 e. The molecule has 166 valence electrons. The lowest BCUT2D eigenvalue weighted by molar-refractivity contribution is -0.115. The summed E-state index contributed by atoms with van der Waals surface area (Å²) in [5, 5.41) is 7.39. The van der Waals surface area contributed by atoms with Gasteiger partial charge in [0, 0.05) is 45.2 Å². The van der Waals surface area contributed by atoms with Crippen LogP contribution in [0.5, 0.6) is 0 Å². The summed E-state index contributed by atoms with van der Waals surface area (Å²) in [6, 6.07) is 19.7. The number of rotatable bonds is 6. The van der Waals surface area contributed by atoms with E-state index in [2.05, 4.69) is 46.5 Å². The Balaban J connectivity index is 1.45. The number of carbonyl (C=O) groups is 2. The molecule has 1 aliphatic rings. The van der Waals surface area contributed by atoms with Crippen molar-refractivity contribution < 1.29 is 9.59 Å². The van der Waals surface area contributed by atoms with Crippen LogP contribution < -0.4 is 5.32 Å². The Labute approximate surface area is 188 Å². The summed E-state index contributed by atoms with van der Waals surface area (Å²) < 4.78 is 1.62. The molecule has 1 aliphatic heterocycles. The van der Waals surface area contributed by atoms with Crippen molar-refractivity contribution in [3.05, 3.63) is 77.5 Å². The van der Waals surface area contributed by atoms with E-state index in [1.807, 2.05) is 35.2 Å². The zero-order valence-electron chi connectivity index (χ0n) is 18.6. The average Bonchev–Trinajstić information content (AvgIpc) is 3.23. The van der Waals surface area contributed by atoms with Gasteiger partial charge in [-0.2, -0.15) is 5.10 Å². The van der Waals surface area contributed by atoms with E-state index < -0.39 is 0 Å². The molecule has 7 heteroatoms. The molecule has 1 N–H and O–H groups in total. The molecule has 0 unspecified atom stereocenters. The van der Waals surface area contributed by atoms with Gasteiger partial charge in [0.25, 0.3) is 5.91 Å². The molecular weight excluding hydrogens is 402 g/mol. The number of nitrogens with zero attached hydrogens (tertiary/aromatic N) is 4. The van der Waals surface area contributed by atoms with Gasteiger partial charge in [-0.15, -0.1) is 0 Å². The fraction of sp³-hybridized carbons (Fsp3) is 0.320. The molecule has 2 heterocycles. The number of anilines is 1. The Bertz CT molecular complexity index is 1080. The van der Waals surface area contributed by atoms with E-state index in [0.29, 0.717) is 31.0 Å². The lowest BCUT2D eigenvalue weighted by atomic mass is 10.1. The Morgan fingerprint density at radius 3 is 2.41 bits per heavy atom. The molecule has 1 aromatic heterocycles. The highest BCUT2D eigenvalue weighted by Gasteiger charge is 2.25. The molecule has 0 atom stereocenters. The van der Waals surface area contributed by atoms with Crippen LogP contribution in [0.4, 0.5) is 5.82 Å². The highest BCUT2D eigenvalue weighted by atomic mass is 16.2. The number of hydrogen-bond acceptors (Lipinski definition) is 4. The lowest BCUT2D eigenvalue weighted by Gasteiger charge is -2.34. The maximum atomic E-state index is 13.2. The maximum Gasteiger partial charge on any atom is 0.274 e. The summed E-state index contributed by atoms with van der Waals surface area (Å²) in [7, 11) is 0. The van der Waals surface area contributed by atoms with Gasteiger partial charge < -0.3 is 10.2 Å². The molecule has 2 aromatic carbocycles. The Hall–Kier alpha value is -3.45. The van der Waals surface area contributed by atoms with E-state index in [4.69, 9.17) is 0 Å². The van der Waals surface area contributed by atoms with Crippen molar-refractivity contribution in [3.63, 3.8) is 0 Å². The number of carbonyl (C=O) groups excluding carboxylic acids is 2. The van der Waals surface area contributed by atoms with E-state index >= 15 is 0 Å². The van der Waals surface area contributed by atoms with E-state index in [9.17, 15) is 9.59 Å². The summed E-state index contributed by atoms with van der Waals surface area (Å²) in [5.41, 5.74) is 3.69. The van der Waals surface area contributed by atoms with Crippen molar-refractivity contribution in [1.29, 1.82) is 0 Å². The number of piperazine rings is 1. The second-order valence-corrected chi connectivity index (χ2v) is 8.12. The van der Waals surface area contributed by atoms with Gasteiger partial charge in [-0.05, 0) is 24.6 Å². The third-order valence-electron chi connectivity index (χ3n) is 5.67. The number of para-hydroxylation sites is 1. The summed E-state index contributed by atoms with van der Waals surface area (Å²) in [6.45, 7) is 7.72. The molecule has 4 rings (SSSR count). The molecule has 2 amide bonds. The minimum atomic E-state index is -0.120. The standard InChI is InChI=1S/C25H29N5O2/c1-3-24(31)26-23-17-22(27-30(23)21-10-5-4-6-11-21)25(32)29-14-12-28(13-15-29)18-20-9-7-8-19(2)16-20/h4-11,16-17H,3,12-15,18H2,1-2H3,(H,26,31). The molecule has 0 bridgehead atoms. The zero-order valence-corrected chi connectivity index (χ0v) is 18.6. The van der Waals surface area contributed by atoms with Crippen molar-refractivity contribution in [2.75, 3.05) is 31.5 Å². The molecule has 1 fully saturated rings. The molecule has 32 heavy (non-hydrogen) atoms. The van der Waals surface area contributed by atoms with E-state index in [1.54, 1.807) is 17.7 Å². The molecule has 3 aromatic rings. The summed E-state index contributed by atoms with van der Waals surface area (Å²) >= 11 is 0. The van der Waals surface area contributed by atoms with Crippen LogP contribution in [0.2, 0.25) is 0 Å². The first-order valence-electron chi connectivity index (χ1n) is 11.1. The average molecular weight is 432 g/mol. The number of benzene rings is 2. The summed E-state index contributed by atoms with van der Waals surface area (Å²) in [4.78, 5) is 29.4. The van der Waals surface area contributed by atoms with Crippen LogP contribution in [-0.2, 0) is 11.3 Å². The van der Waals surface area contributed by atoms with Gasteiger partial charge in [-0.1, -0.05) is 55.0 Å². The number of aryl methyl sites for hydroxylation is 1. The summed E-state index contributed by atoms with van der Waals surface area (Å²) in [5.74, 6) is 0.275. The molecular formula is C25H29N5O2. The number of nitrogens with one attached hydrogen (secondary N) is 1. The lowest BCUT2D eigenvalue weighted by Crippen LogP contribution is -2.48. The van der Waals surface area contributed by atoms with Crippen LogP contribution in [0.3, 0.4) is 0 Å². The smallest absolute Gasteiger partial charge is 0.274 e. The van der Waals surface area contributed by atoms with Crippen LogP contribution >= 0.6 is 0 Å². The van der Waals surface area contributed by atoms with Crippen LogP contribution in [0.25, 0.3) is 5.69 Å². The first-order chi connectivity index (χ1) is 15.5. The Morgan fingerprint density at radius 1 is 0.969 bits per heavy atom. The number of hydrogen-bond donors (Lipinski definition) is 1. The van der Waals surface area contributed by atoms with Crippen LogP contribution in [0.1, 0.15) is 35.0 Å². The van der Waals surface area contributed by atoms with Gasteiger partial charge in [0.15, 0.2) is 5.69 Å². The maximum absolute atomic E-state index is 13.2. The molecule has 0 saturated carbocycles. The van der Waals surface area contributed by atoms with Gasteiger partial charge >= 0.3 is 0 Å². The second kappa shape index (κ2) is 9.78. The Morgan fingerprint density at radius 2 is 1.72 bits per heavy atom. The third kappa shape index (κ3) is 5.06. The predicted molar refractivity (Wildman–Crippen MR) is 125 cm³/mol. The monoisotopic (exact) mass is 431 g/mol. The SMILES string of the molecule is CCC(=O)Nc1cc(C(=O)N2CCN(Cc3cccc(C)c3)CC2)nn1-c1ccccc1. The van der Waals surface area contributed by atoms with Crippen molar-refractivity contribution in [2.45, 2.75) is 26.8 Å². The second-order valence-electron chi connectivity index (χ2n) is 8.12. The van der Waals surface area contributed by atoms with Gasteiger partial charge in [-0.25, -0.2) is 4.68 Å². The summed E-state index contributed by atoms with van der Waals surface area (Å²) in [6.07, 6.45) is 0.353. The van der Waals surface area contributed by atoms with Gasteiger partial charge in [0.05, 0.1) is 5.69 Å². The molecule has 0 radical (unpaired) electrons. The number of aromatic nitrogens is 2. The molecule has 0 spiro atoms. The minimum absolute atomic E-state index is 0.109. The molecule has 0 aliphatic carbocycles. The predicted octanol–water partition coefficient (Wildman–Crippen LogP) is 3.49. The first kappa shape index (κ1) is 21.8. The zero-order chi connectivity index (χ0) is 22.5. The quantitative estimate of drug-likeness (QED) is 0.649. The fourth-order valence-electron chi connectivity index (χ4n) is 3.91. The van der Waals surface area contributed by atoms with Crippen LogP contribution in [0, 0.1) is 6.92 Å². The third-order valence-corrected chi connectivity index (χ3v) is 5.67. The number of amides is 2. The van der Waals surface area contributed by atoms with E-state index in [0.717, 1.165) is 25.3 Å². The Kier molecular flexibility index (Phi) is 6.66. The van der Waals surface area contributed by atoms with E-state index in [-0.39, 0.29) is 11.8 Å². The fourth-order valence-corrected chi connectivity index (χ4v) is 3.91. The van der Waals surface area contributed by atoms with Crippen molar-refractivity contribution >= 4 is 17.6 Å². The van der Waals surface area contributed by atoms with Crippen LogP contribution in [0.15, 0.2) is 60.7 Å². The van der Waals surface area contributed by atoms with Gasteiger partial charge in [0.1, 0.15) is 5.82 Å². The van der Waals surface area contributed by atoms with Crippen molar-refractivity contribution in [3.8, 4) is 5.69 Å². The molecule has 1 saturated heterocycles. The van der Waals surface area contributed by atoms with Gasteiger partial charge in [0.2, 0.25) is 5.91 Å². The topological polar surface area (TPSA) is 70.5 Å². The highest BCUT2D eigenvalue weighted by Crippen LogP contribution is 2.20. The molecule has 7 nitrogen and oxygen atoms in total. The van der Waals surface area contributed by atoms with Crippen molar-refractivity contribution in [1.82, 2.24) is 19.6 Å². The minimum Gasteiger partial charge on any atom is -0.335 e. The van der Waals surface area contributed by atoms with E-state index in [1.165, 1.54) is 11.1 Å². The highest BCUT2D eigenvalue weighted by molar-refractivity contribution is 5.95. The van der Waals surface area contributed by atoms with Crippen molar-refractivity contribution in [2.24, 2.45) is 0 Å².